The highest BCUT2D eigenvalue weighted by Gasteiger charge is 2.12. The zero-order chi connectivity index (χ0) is 14.2. The molecule has 20 heavy (non-hydrogen) atoms. The molecule has 1 amide bonds. The van der Waals surface area contributed by atoms with E-state index in [4.69, 9.17) is 0 Å². The molecule has 1 N–H and O–H groups in total. The first-order valence-electron chi connectivity index (χ1n) is 6.93. The second-order valence-electron chi connectivity index (χ2n) is 4.59. The molecule has 0 fully saturated rings. The van der Waals surface area contributed by atoms with Crippen LogP contribution in [0.1, 0.15) is 43.0 Å². The van der Waals surface area contributed by atoms with E-state index in [0.717, 1.165) is 12.8 Å². The Morgan fingerprint density at radius 3 is 2.85 bits per heavy atom. The molecule has 0 unspecified atom stereocenters. The van der Waals surface area contributed by atoms with Gasteiger partial charge in [0.1, 0.15) is 6.33 Å². The minimum Gasteiger partial charge on any atom is -0.352 e. The van der Waals surface area contributed by atoms with Crippen LogP contribution in [0.2, 0.25) is 0 Å². The summed E-state index contributed by atoms with van der Waals surface area (Å²) in [4.78, 5) is 12.2. The summed E-state index contributed by atoms with van der Waals surface area (Å²) in [7, 11) is 0. The third-order valence-electron chi connectivity index (χ3n) is 3.06. The number of hydrogen-bond acceptors (Lipinski definition) is 4. The van der Waals surface area contributed by atoms with Crippen LogP contribution < -0.4 is 5.32 Å². The monoisotopic (exact) mass is 273 g/mol. The number of nitrogens with zero attached hydrogens (tertiary/aromatic N) is 4. The first-order valence-corrected chi connectivity index (χ1v) is 6.93. The lowest BCUT2D eigenvalue weighted by atomic mass is 10.1. The van der Waals surface area contributed by atoms with Gasteiger partial charge in [-0.05, 0) is 29.0 Å². The minimum atomic E-state index is -0.0902. The number of nitrogens with one attached hydrogen (secondary N) is 1. The number of unbranched alkanes of at least 4 members (excludes halogenated alkanes) is 3. The van der Waals surface area contributed by atoms with Gasteiger partial charge in [-0.25, -0.2) is 0 Å². The maximum absolute atomic E-state index is 12.2. The molecular formula is C14H19N5O. The van der Waals surface area contributed by atoms with E-state index in [2.05, 4.69) is 27.8 Å². The lowest BCUT2D eigenvalue weighted by molar-refractivity contribution is 0.0953. The van der Waals surface area contributed by atoms with Crippen molar-refractivity contribution in [1.29, 1.82) is 0 Å². The molecular weight excluding hydrogens is 254 g/mol. The van der Waals surface area contributed by atoms with Gasteiger partial charge >= 0.3 is 0 Å². The fraction of sp³-hybridized carbons (Fsp3) is 0.429. The number of tetrazole rings is 1. The summed E-state index contributed by atoms with van der Waals surface area (Å²) in [6.45, 7) is 2.86. The largest absolute Gasteiger partial charge is 0.352 e. The van der Waals surface area contributed by atoms with Crippen LogP contribution in [0.4, 0.5) is 0 Å². The maximum atomic E-state index is 12.2. The van der Waals surface area contributed by atoms with Crippen LogP contribution in [-0.2, 0) is 0 Å². The average molecular weight is 273 g/mol. The van der Waals surface area contributed by atoms with Crippen LogP contribution >= 0.6 is 0 Å². The van der Waals surface area contributed by atoms with Crippen LogP contribution in [0.3, 0.4) is 0 Å². The van der Waals surface area contributed by atoms with Crippen molar-refractivity contribution >= 4 is 5.91 Å². The SMILES string of the molecule is CCCCCCNC(=O)c1ccccc1-n1cnnn1. The number of benzene rings is 1. The summed E-state index contributed by atoms with van der Waals surface area (Å²) in [6, 6.07) is 7.29. The molecule has 1 heterocycles. The molecule has 106 valence electrons. The van der Waals surface area contributed by atoms with Gasteiger partial charge in [-0.1, -0.05) is 38.3 Å². The third kappa shape index (κ3) is 3.63. The Labute approximate surface area is 118 Å². The highest BCUT2D eigenvalue weighted by molar-refractivity contribution is 5.97. The van der Waals surface area contributed by atoms with E-state index in [1.54, 1.807) is 6.07 Å². The second kappa shape index (κ2) is 7.37. The van der Waals surface area contributed by atoms with Crippen molar-refractivity contribution in [2.75, 3.05) is 6.54 Å². The first kappa shape index (κ1) is 14.2. The van der Waals surface area contributed by atoms with Gasteiger partial charge in [0.15, 0.2) is 0 Å². The van der Waals surface area contributed by atoms with Crippen molar-refractivity contribution in [3.63, 3.8) is 0 Å². The molecule has 6 heteroatoms. The van der Waals surface area contributed by atoms with Crippen molar-refractivity contribution in [3.8, 4) is 5.69 Å². The van der Waals surface area contributed by atoms with Crippen molar-refractivity contribution in [1.82, 2.24) is 25.5 Å². The summed E-state index contributed by atoms with van der Waals surface area (Å²) >= 11 is 0. The smallest absolute Gasteiger partial charge is 0.253 e. The fourth-order valence-electron chi connectivity index (χ4n) is 1.99. The third-order valence-corrected chi connectivity index (χ3v) is 3.06. The number of aromatic nitrogens is 4. The van der Waals surface area contributed by atoms with E-state index in [-0.39, 0.29) is 5.91 Å². The van der Waals surface area contributed by atoms with Crippen molar-refractivity contribution in [2.45, 2.75) is 32.6 Å². The maximum Gasteiger partial charge on any atom is 0.253 e. The second-order valence-corrected chi connectivity index (χ2v) is 4.59. The van der Waals surface area contributed by atoms with Crippen LogP contribution in [0, 0.1) is 0 Å². The zero-order valence-corrected chi connectivity index (χ0v) is 11.6. The van der Waals surface area contributed by atoms with Crippen molar-refractivity contribution < 1.29 is 4.79 Å². The van der Waals surface area contributed by atoms with E-state index in [9.17, 15) is 4.79 Å². The number of carbonyl (C=O) groups excluding carboxylic acids is 1. The van der Waals surface area contributed by atoms with Gasteiger partial charge in [0.2, 0.25) is 0 Å². The Balaban J connectivity index is 2.00. The Morgan fingerprint density at radius 2 is 2.10 bits per heavy atom. The number of amides is 1. The number of para-hydroxylation sites is 1. The molecule has 0 saturated carbocycles. The first-order chi connectivity index (χ1) is 9.83. The Morgan fingerprint density at radius 1 is 1.25 bits per heavy atom. The molecule has 0 aliphatic rings. The number of rotatable bonds is 7. The summed E-state index contributed by atoms with van der Waals surface area (Å²) in [5.74, 6) is -0.0902. The van der Waals surface area contributed by atoms with Crippen LogP contribution in [-0.4, -0.2) is 32.7 Å². The molecule has 0 radical (unpaired) electrons. The molecule has 1 aromatic carbocycles. The number of hydrogen-bond donors (Lipinski definition) is 1. The predicted molar refractivity (Wildman–Crippen MR) is 75.6 cm³/mol. The quantitative estimate of drug-likeness (QED) is 0.783. The van der Waals surface area contributed by atoms with Gasteiger partial charge in [0.25, 0.3) is 5.91 Å². The Hall–Kier alpha value is -2.24. The summed E-state index contributed by atoms with van der Waals surface area (Å²) in [5.41, 5.74) is 1.26. The van der Waals surface area contributed by atoms with E-state index in [1.807, 2.05) is 18.2 Å². The molecule has 0 spiro atoms. The summed E-state index contributed by atoms with van der Waals surface area (Å²) < 4.78 is 1.49. The fourth-order valence-corrected chi connectivity index (χ4v) is 1.99. The molecule has 6 nitrogen and oxygen atoms in total. The lowest BCUT2D eigenvalue weighted by Gasteiger charge is -2.09. The molecule has 1 aromatic heterocycles. The van der Waals surface area contributed by atoms with Crippen molar-refractivity contribution in [2.24, 2.45) is 0 Å². The minimum absolute atomic E-state index is 0.0902. The van der Waals surface area contributed by atoms with Gasteiger partial charge < -0.3 is 5.32 Å². The topological polar surface area (TPSA) is 72.7 Å². The predicted octanol–water partition coefficient (Wildman–Crippen LogP) is 1.97. The van der Waals surface area contributed by atoms with E-state index in [0.29, 0.717) is 17.8 Å². The van der Waals surface area contributed by atoms with E-state index < -0.39 is 0 Å². The van der Waals surface area contributed by atoms with Gasteiger partial charge in [-0.2, -0.15) is 4.68 Å². The molecule has 0 aliphatic carbocycles. The molecule has 2 rings (SSSR count). The van der Waals surface area contributed by atoms with Gasteiger partial charge in [0.05, 0.1) is 11.3 Å². The van der Waals surface area contributed by atoms with Crippen LogP contribution in [0.15, 0.2) is 30.6 Å². The highest BCUT2D eigenvalue weighted by atomic mass is 16.1. The molecule has 2 aromatic rings. The lowest BCUT2D eigenvalue weighted by Crippen LogP contribution is -2.25. The van der Waals surface area contributed by atoms with Gasteiger partial charge in [-0.15, -0.1) is 5.10 Å². The molecule has 0 bridgehead atoms. The standard InChI is InChI=1S/C14H19N5O/c1-2-3-4-7-10-15-14(20)12-8-5-6-9-13(12)19-11-16-17-18-19/h5-6,8-9,11H,2-4,7,10H2,1H3,(H,15,20). The summed E-state index contributed by atoms with van der Waals surface area (Å²) in [6.07, 6.45) is 6.03. The van der Waals surface area contributed by atoms with E-state index in [1.165, 1.54) is 23.9 Å². The van der Waals surface area contributed by atoms with Gasteiger partial charge in [0, 0.05) is 6.54 Å². The van der Waals surface area contributed by atoms with E-state index >= 15 is 0 Å². The molecule has 0 atom stereocenters. The highest BCUT2D eigenvalue weighted by Crippen LogP contribution is 2.12. The van der Waals surface area contributed by atoms with Crippen molar-refractivity contribution in [3.05, 3.63) is 36.2 Å². The Bertz CT molecular complexity index is 538. The van der Waals surface area contributed by atoms with Gasteiger partial charge in [-0.3, -0.25) is 4.79 Å². The van der Waals surface area contributed by atoms with Crippen LogP contribution in [0.25, 0.3) is 5.69 Å². The summed E-state index contributed by atoms with van der Waals surface area (Å²) in [5, 5.41) is 14.0. The molecule has 0 aliphatic heterocycles. The number of carbonyl (C=O) groups is 1. The van der Waals surface area contributed by atoms with Crippen LogP contribution in [0.5, 0.6) is 0 Å². The average Bonchev–Trinajstić information content (AvgIpc) is 3.01. The zero-order valence-electron chi connectivity index (χ0n) is 11.6. The molecule has 0 saturated heterocycles. The Kier molecular flexibility index (Phi) is 5.23. The normalized spacial score (nSPS) is 10.4.